The van der Waals surface area contributed by atoms with Gasteiger partial charge in [0.05, 0.1) is 18.5 Å². The van der Waals surface area contributed by atoms with Crippen LogP contribution in [-0.4, -0.2) is 17.6 Å². The molecule has 0 saturated heterocycles. The van der Waals surface area contributed by atoms with Crippen LogP contribution in [-0.2, 0) is 20.9 Å². The molecule has 1 aliphatic rings. The highest BCUT2D eigenvalue weighted by atomic mass is 32.2. The first-order chi connectivity index (χ1) is 5.24. The largest absolute Gasteiger partial charge is 0.588 e. The van der Waals surface area contributed by atoms with Crippen molar-refractivity contribution in [3.05, 3.63) is 23.3 Å². The Morgan fingerprint density at radius 3 is 3.09 bits per heavy atom. The molecule has 0 spiro atoms. The van der Waals surface area contributed by atoms with Gasteiger partial charge in [-0.3, -0.25) is 0 Å². The quantitative estimate of drug-likeness (QED) is 0.441. The minimum atomic E-state index is -1.29. The molecule has 1 rings (SSSR count). The summed E-state index contributed by atoms with van der Waals surface area (Å²) >= 11 is -1.29. The van der Waals surface area contributed by atoms with Crippen molar-refractivity contribution in [1.29, 1.82) is 0 Å². The molecule has 60 valence electrons. The summed E-state index contributed by atoms with van der Waals surface area (Å²) in [6, 6.07) is 0. The molecular formula is C6H7NO3S. The second-order valence-electron chi connectivity index (χ2n) is 1.80. The van der Waals surface area contributed by atoms with Crippen molar-refractivity contribution < 1.29 is 14.1 Å². The minimum Gasteiger partial charge on any atom is -0.588 e. The molecule has 5 heteroatoms. The predicted molar refractivity (Wildman–Crippen MR) is 40.5 cm³/mol. The summed E-state index contributed by atoms with van der Waals surface area (Å²) in [6.07, 6.45) is 3.05. The van der Waals surface area contributed by atoms with Crippen LogP contribution in [0.25, 0.3) is 0 Å². The van der Waals surface area contributed by atoms with Gasteiger partial charge in [-0.25, -0.2) is 4.79 Å². The summed E-state index contributed by atoms with van der Waals surface area (Å²) in [4.78, 5) is 10.8. The van der Waals surface area contributed by atoms with Crippen molar-refractivity contribution in [3.8, 4) is 0 Å². The van der Waals surface area contributed by atoms with Crippen molar-refractivity contribution in [1.82, 2.24) is 4.72 Å². The van der Waals surface area contributed by atoms with E-state index in [-0.39, 0.29) is 5.70 Å². The van der Waals surface area contributed by atoms with E-state index < -0.39 is 17.3 Å². The van der Waals surface area contributed by atoms with Gasteiger partial charge < -0.3 is 9.29 Å². The number of ether oxygens (including phenoxy) is 1. The maximum absolute atomic E-state index is 10.8. The van der Waals surface area contributed by atoms with Crippen molar-refractivity contribution in [2.75, 3.05) is 7.11 Å². The van der Waals surface area contributed by atoms with E-state index in [1.807, 2.05) is 0 Å². The standard InChI is InChI=1S/C6H7NO3S/c1-10-6(8)5-3-2-4-11(9)7-5/h2-4,7H,1H3. The van der Waals surface area contributed by atoms with Gasteiger partial charge in [-0.15, -0.1) is 0 Å². The summed E-state index contributed by atoms with van der Waals surface area (Å²) in [6.45, 7) is 0. The number of rotatable bonds is 1. The third-order valence-corrected chi connectivity index (χ3v) is 1.91. The van der Waals surface area contributed by atoms with Gasteiger partial charge in [-0.2, -0.15) is 4.72 Å². The zero-order valence-electron chi connectivity index (χ0n) is 5.87. The highest BCUT2D eigenvalue weighted by molar-refractivity contribution is 7.92. The third-order valence-electron chi connectivity index (χ3n) is 1.08. The van der Waals surface area contributed by atoms with Crippen molar-refractivity contribution >= 4 is 17.3 Å². The van der Waals surface area contributed by atoms with Gasteiger partial charge in [0.1, 0.15) is 5.41 Å². The summed E-state index contributed by atoms with van der Waals surface area (Å²) in [5.74, 6) is -0.511. The number of methoxy groups -OCH3 is 1. The zero-order valence-corrected chi connectivity index (χ0v) is 6.68. The summed E-state index contributed by atoms with van der Waals surface area (Å²) < 4.78 is 17.6. The van der Waals surface area contributed by atoms with Crippen molar-refractivity contribution in [2.24, 2.45) is 0 Å². The number of allylic oxidation sites excluding steroid dienone is 2. The molecule has 0 amide bonds. The van der Waals surface area contributed by atoms with Crippen LogP contribution in [0, 0.1) is 0 Å². The van der Waals surface area contributed by atoms with Crippen molar-refractivity contribution in [3.63, 3.8) is 0 Å². The molecule has 0 radical (unpaired) electrons. The molecule has 1 heterocycles. The molecule has 0 aromatic carbocycles. The van der Waals surface area contributed by atoms with Crippen LogP contribution in [0.1, 0.15) is 0 Å². The van der Waals surface area contributed by atoms with Gasteiger partial charge in [0.25, 0.3) is 0 Å². The SMILES string of the molecule is COC(=O)C1=CC=C[S+]([O-])N1. The Morgan fingerprint density at radius 2 is 2.55 bits per heavy atom. The molecule has 0 saturated carbocycles. The van der Waals surface area contributed by atoms with Crippen molar-refractivity contribution in [2.45, 2.75) is 0 Å². The van der Waals surface area contributed by atoms with Crippen LogP contribution >= 0.6 is 0 Å². The van der Waals surface area contributed by atoms with E-state index in [1.165, 1.54) is 18.6 Å². The van der Waals surface area contributed by atoms with Crippen LogP contribution in [0.15, 0.2) is 23.3 Å². The van der Waals surface area contributed by atoms with Gasteiger partial charge >= 0.3 is 5.97 Å². The van der Waals surface area contributed by atoms with E-state index in [2.05, 4.69) is 9.46 Å². The smallest absolute Gasteiger partial charge is 0.358 e. The Kier molecular flexibility index (Phi) is 2.56. The summed E-state index contributed by atoms with van der Waals surface area (Å²) in [5, 5.41) is 1.44. The minimum absolute atomic E-state index is 0.216. The lowest BCUT2D eigenvalue weighted by Gasteiger charge is -2.11. The molecule has 4 nitrogen and oxygen atoms in total. The molecule has 1 atom stereocenters. The first kappa shape index (κ1) is 8.16. The van der Waals surface area contributed by atoms with Crippen LogP contribution in [0.3, 0.4) is 0 Å². The molecule has 0 aliphatic carbocycles. The van der Waals surface area contributed by atoms with Crippen LogP contribution in [0.4, 0.5) is 0 Å². The zero-order chi connectivity index (χ0) is 8.27. The average molecular weight is 173 g/mol. The fourth-order valence-electron chi connectivity index (χ4n) is 0.603. The van der Waals surface area contributed by atoms with E-state index in [0.717, 1.165) is 0 Å². The molecule has 0 aromatic heterocycles. The van der Waals surface area contributed by atoms with Crippen LogP contribution in [0.2, 0.25) is 0 Å². The normalized spacial score (nSPS) is 22.0. The van der Waals surface area contributed by atoms with Gasteiger partial charge in [0.2, 0.25) is 0 Å². The van der Waals surface area contributed by atoms with Crippen LogP contribution < -0.4 is 4.72 Å². The van der Waals surface area contributed by atoms with Gasteiger partial charge in [-0.05, 0) is 12.2 Å². The van der Waals surface area contributed by atoms with E-state index in [4.69, 9.17) is 0 Å². The van der Waals surface area contributed by atoms with E-state index in [0.29, 0.717) is 0 Å². The highest BCUT2D eigenvalue weighted by Crippen LogP contribution is 2.04. The van der Waals surface area contributed by atoms with E-state index in [1.54, 1.807) is 6.08 Å². The Morgan fingerprint density at radius 1 is 1.82 bits per heavy atom. The van der Waals surface area contributed by atoms with E-state index in [9.17, 15) is 9.35 Å². The fraction of sp³-hybridized carbons (Fsp3) is 0.167. The second kappa shape index (κ2) is 3.45. The third kappa shape index (κ3) is 1.99. The number of hydrogen-bond acceptors (Lipinski definition) is 4. The average Bonchev–Trinajstić information content (AvgIpc) is 2.03. The number of hydrogen-bond donors (Lipinski definition) is 1. The molecule has 0 aromatic rings. The number of nitrogens with one attached hydrogen (secondary N) is 1. The Hall–Kier alpha value is -0.940. The van der Waals surface area contributed by atoms with Gasteiger partial charge in [-0.1, -0.05) is 0 Å². The number of esters is 1. The van der Waals surface area contributed by atoms with E-state index >= 15 is 0 Å². The number of carbonyl (C=O) groups excluding carboxylic acids is 1. The maximum atomic E-state index is 10.8. The topological polar surface area (TPSA) is 61.4 Å². The Balaban J connectivity index is 2.66. The summed E-state index contributed by atoms with van der Waals surface area (Å²) in [5.41, 5.74) is 0.216. The molecule has 0 bridgehead atoms. The van der Waals surface area contributed by atoms with Crippen LogP contribution in [0.5, 0.6) is 0 Å². The molecule has 1 unspecified atom stereocenters. The number of carbonyl (C=O) groups is 1. The first-order valence-electron chi connectivity index (χ1n) is 2.88. The monoisotopic (exact) mass is 173 g/mol. The molecular weight excluding hydrogens is 166 g/mol. The lowest BCUT2D eigenvalue weighted by Crippen LogP contribution is -2.28. The molecule has 11 heavy (non-hydrogen) atoms. The second-order valence-corrected chi connectivity index (χ2v) is 2.87. The molecule has 0 fully saturated rings. The lowest BCUT2D eigenvalue weighted by atomic mass is 10.4. The van der Waals surface area contributed by atoms with Gasteiger partial charge in [0, 0.05) is 0 Å². The Labute approximate surface area is 67.2 Å². The maximum Gasteiger partial charge on any atom is 0.358 e. The fourth-order valence-corrected chi connectivity index (χ4v) is 1.26. The highest BCUT2D eigenvalue weighted by Gasteiger charge is 2.16. The first-order valence-corrected chi connectivity index (χ1v) is 4.09. The molecule has 1 aliphatic heterocycles. The molecule has 1 N–H and O–H groups in total. The Bertz CT molecular complexity index is 224. The predicted octanol–water partition coefficient (Wildman–Crippen LogP) is -0.176. The summed E-state index contributed by atoms with van der Waals surface area (Å²) in [7, 11) is 1.27. The van der Waals surface area contributed by atoms with Gasteiger partial charge in [0.15, 0.2) is 5.70 Å². The lowest BCUT2D eigenvalue weighted by molar-refractivity contribution is -0.136.